The van der Waals surface area contributed by atoms with Gasteiger partial charge in [0.1, 0.15) is 18.7 Å². The smallest absolute Gasteiger partial charge is 0.274 e. The SMILES string of the molecule is O=C(C1=CC2OCOC2C1)N(O)CS(=O)(=O)c1ccc(-c2ccc(F)cc2)cc1. The maximum atomic E-state index is 13.0. The van der Waals surface area contributed by atoms with Crippen molar-refractivity contribution in [2.45, 2.75) is 23.5 Å². The number of ether oxygens (including phenoxy) is 2. The van der Waals surface area contributed by atoms with Gasteiger partial charge in [-0.3, -0.25) is 10.0 Å². The molecule has 1 heterocycles. The highest BCUT2D eigenvalue weighted by Gasteiger charge is 2.37. The molecule has 1 N–H and O–H groups in total. The second-order valence-electron chi connectivity index (χ2n) is 6.83. The Balaban J connectivity index is 1.45. The van der Waals surface area contributed by atoms with Gasteiger partial charge in [-0.2, -0.15) is 0 Å². The van der Waals surface area contributed by atoms with Gasteiger partial charge < -0.3 is 9.47 Å². The maximum Gasteiger partial charge on any atom is 0.274 e. The molecule has 1 aliphatic carbocycles. The van der Waals surface area contributed by atoms with E-state index in [-0.39, 0.29) is 46.8 Å². The minimum atomic E-state index is -3.95. The number of carbonyl (C=O) groups is 1. The molecule has 2 aromatic carbocycles. The predicted octanol–water partition coefficient (Wildman–Crippen LogP) is 2.51. The molecule has 152 valence electrons. The molecule has 2 unspecified atom stereocenters. The maximum absolute atomic E-state index is 13.0. The van der Waals surface area contributed by atoms with Gasteiger partial charge in [-0.05, 0) is 41.5 Å². The van der Waals surface area contributed by atoms with Crippen LogP contribution in [0, 0.1) is 5.82 Å². The molecule has 7 nitrogen and oxygen atoms in total. The van der Waals surface area contributed by atoms with Crippen LogP contribution in [0.2, 0.25) is 0 Å². The molecule has 1 fully saturated rings. The summed E-state index contributed by atoms with van der Waals surface area (Å²) in [6, 6.07) is 11.7. The molecule has 4 rings (SSSR count). The van der Waals surface area contributed by atoms with E-state index in [4.69, 9.17) is 9.47 Å². The third-order valence-corrected chi connectivity index (χ3v) is 6.46. The van der Waals surface area contributed by atoms with E-state index in [0.29, 0.717) is 5.56 Å². The van der Waals surface area contributed by atoms with E-state index >= 15 is 0 Å². The van der Waals surface area contributed by atoms with Gasteiger partial charge in [0.05, 0.1) is 11.0 Å². The van der Waals surface area contributed by atoms with Crippen molar-refractivity contribution >= 4 is 15.7 Å². The molecule has 0 radical (unpaired) electrons. The summed E-state index contributed by atoms with van der Waals surface area (Å²) < 4.78 is 48.8. The number of benzene rings is 2. The molecular formula is C20H18FNO6S. The highest BCUT2D eigenvalue weighted by Crippen LogP contribution is 2.30. The summed E-state index contributed by atoms with van der Waals surface area (Å²) in [5.41, 5.74) is 1.70. The summed E-state index contributed by atoms with van der Waals surface area (Å²) in [5, 5.41) is 10.2. The molecule has 9 heteroatoms. The van der Waals surface area contributed by atoms with Gasteiger partial charge in [0, 0.05) is 12.0 Å². The molecule has 0 aromatic heterocycles. The Kier molecular flexibility index (Phi) is 5.22. The average molecular weight is 419 g/mol. The summed E-state index contributed by atoms with van der Waals surface area (Å²) in [5.74, 6) is -2.03. The van der Waals surface area contributed by atoms with Crippen LogP contribution in [-0.2, 0) is 24.1 Å². The summed E-state index contributed by atoms with van der Waals surface area (Å²) in [7, 11) is -3.95. The van der Waals surface area contributed by atoms with Crippen LogP contribution in [0.3, 0.4) is 0 Å². The second kappa shape index (κ2) is 7.68. The topological polar surface area (TPSA) is 93.1 Å². The number of rotatable bonds is 5. The summed E-state index contributed by atoms with van der Waals surface area (Å²) >= 11 is 0. The minimum absolute atomic E-state index is 0.0425. The minimum Gasteiger partial charge on any atom is -0.349 e. The van der Waals surface area contributed by atoms with Crippen LogP contribution in [0.4, 0.5) is 4.39 Å². The quantitative estimate of drug-likeness (QED) is 0.591. The van der Waals surface area contributed by atoms with E-state index in [2.05, 4.69) is 0 Å². The van der Waals surface area contributed by atoms with Gasteiger partial charge in [0.25, 0.3) is 5.91 Å². The van der Waals surface area contributed by atoms with Crippen molar-refractivity contribution in [1.29, 1.82) is 0 Å². The van der Waals surface area contributed by atoms with Crippen molar-refractivity contribution in [2.75, 3.05) is 12.7 Å². The number of sulfone groups is 1. The Morgan fingerprint density at radius 2 is 1.69 bits per heavy atom. The Bertz CT molecular complexity index is 1050. The average Bonchev–Trinajstić information content (AvgIpc) is 3.30. The zero-order valence-electron chi connectivity index (χ0n) is 15.2. The summed E-state index contributed by atoms with van der Waals surface area (Å²) in [6.07, 6.45) is 1.18. The molecule has 2 aromatic rings. The van der Waals surface area contributed by atoms with Crippen LogP contribution in [0.25, 0.3) is 11.1 Å². The first-order chi connectivity index (χ1) is 13.8. The molecule has 2 atom stereocenters. The molecule has 29 heavy (non-hydrogen) atoms. The van der Waals surface area contributed by atoms with Crippen molar-refractivity contribution in [3.05, 3.63) is 66.0 Å². The molecular weight excluding hydrogens is 401 g/mol. The fourth-order valence-corrected chi connectivity index (χ4v) is 4.48. The van der Waals surface area contributed by atoms with Gasteiger partial charge in [-0.25, -0.2) is 17.9 Å². The Labute approximate surface area is 166 Å². The Morgan fingerprint density at radius 1 is 1.07 bits per heavy atom. The zero-order valence-corrected chi connectivity index (χ0v) is 16.0. The van der Waals surface area contributed by atoms with Crippen LogP contribution < -0.4 is 0 Å². The van der Waals surface area contributed by atoms with Crippen molar-refractivity contribution in [1.82, 2.24) is 5.06 Å². The molecule has 0 bridgehead atoms. The van der Waals surface area contributed by atoms with Crippen molar-refractivity contribution < 1.29 is 32.3 Å². The monoisotopic (exact) mass is 419 g/mol. The van der Waals surface area contributed by atoms with Gasteiger partial charge in [-0.1, -0.05) is 24.3 Å². The lowest BCUT2D eigenvalue weighted by Crippen LogP contribution is -2.33. The molecule has 1 amide bonds. The van der Waals surface area contributed by atoms with E-state index < -0.39 is 21.6 Å². The van der Waals surface area contributed by atoms with Crippen molar-refractivity contribution in [3.63, 3.8) is 0 Å². The van der Waals surface area contributed by atoms with Crippen LogP contribution in [-0.4, -0.2) is 49.5 Å². The van der Waals surface area contributed by atoms with Gasteiger partial charge in [0.2, 0.25) is 0 Å². The van der Waals surface area contributed by atoms with Crippen LogP contribution >= 0.6 is 0 Å². The molecule has 2 aliphatic rings. The van der Waals surface area contributed by atoms with E-state index in [0.717, 1.165) is 5.56 Å². The Morgan fingerprint density at radius 3 is 2.31 bits per heavy atom. The number of hydrogen-bond acceptors (Lipinski definition) is 6. The third-order valence-electron chi connectivity index (χ3n) is 4.89. The highest BCUT2D eigenvalue weighted by atomic mass is 32.2. The number of hydroxylamine groups is 2. The normalized spacial score (nSPS) is 21.0. The lowest BCUT2D eigenvalue weighted by Gasteiger charge is -2.16. The predicted molar refractivity (Wildman–Crippen MR) is 99.8 cm³/mol. The van der Waals surface area contributed by atoms with Gasteiger partial charge in [-0.15, -0.1) is 0 Å². The first kappa shape index (κ1) is 19.7. The van der Waals surface area contributed by atoms with Gasteiger partial charge in [0.15, 0.2) is 15.7 Å². The molecule has 1 saturated heterocycles. The third kappa shape index (κ3) is 4.08. The highest BCUT2D eigenvalue weighted by molar-refractivity contribution is 7.91. The van der Waals surface area contributed by atoms with Crippen LogP contribution in [0.1, 0.15) is 6.42 Å². The number of halogens is 1. The van der Waals surface area contributed by atoms with Crippen LogP contribution in [0.15, 0.2) is 65.1 Å². The number of nitrogens with zero attached hydrogens (tertiary/aromatic N) is 1. The first-order valence-electron chi connectivity index (χ1n) is 8.87. The van der Waals surface area contributed by atoms with Crippen LogP contribution in [0.5, 0.6) is 0 Å². The first-order valence-corrected chi connectivity index (χ1v) is 10.5. The zero-order chi connectivity index (χ0) is 20.6. The van der Waals surface area contributed by atoms with Crippen molar-refractivity contribution in [2.24, 2.45) is 0 Å². The standard InChI is InChI=1S/C20H18FNO6S/c21-16-5-1-13(2-6-16)14-3-7-17(8-4-14)29(25,26)11-22(24)20(23)15-9-18-19(10-15)28-12-27-18/h1-9,18-19,24H,10-12H2. The largest absolute Gasteiger partial charge is 0.349 e. The molecule has 1 aliphatic heterocycles. The molecule has 0 spiro atoms. The van der Waals surface area contributed by atoms with E-state index in [1.54, 1.807) is 30.3 Å². The number of hydrogen-bond donors (Lipinski definition) is 1. The number of carbonyl (C=O) groups excluding carboxylic acids is 1. The second-order valence-corrected chi connectivity index (χ2v) is 8.79. The van der Waals surface area contributed by atoms with E-state index in [1.807, 2.05) is 0 Å². The fourth-order valence-electron chi connectivity index (χ4n) is 3.34. The lowest BCUT2D eigenvalue weighted by atomic mass is 10.1. The fraction of sp³-hybridized carbons (Fsp3) is 0.250. The van der Waals surface area contributed by atoms with E-state index in [9.17, 15) is 22.8 Å². The Hall–Kier alpha value is -2.59. The number of fused-ring (bicyclic) bond motifs is 1. The summed E-state index contributed by atoms with van der Waals surface area (Å²) in [4.78, 5) is 12.3. The van der Waals surface area contributed by atoms with Gasteiger partial charge >= 0.3 is 0 Å². The van der Waals surface area contributed by atoms with Crippen molar-refractivity contribution in [3.8, 4) is 11.1 Å². The summed E-state index contributed by atoms with van der Waals surface area (Å²) in [6.45, 7) is 0.151. The van der Waals surface area contributed by atoms with E-state index in [1.165, 1.54) is 24.3 Å². The number of amides is 1. The molecule has 0 saturated carbocycles. The lowest BCUT2D eigenvalue weighted by molar-refractivity contribution is -0.156.